The van der Waals surface area contributed by atoms with Crippen LogP contribution in [0.25, 0.3) is 0 Å². The largest absolute Gasteiger partial charge is 0.497 e. The summed E-state index contributed by atoms with van der Waals surface area (Å²) in [6.45, 7) is 2.33. The van der Waals surface area contributed by atoms with Gasteiger partial charge in [-0.2, -0.15) is 13.2 Å². The molecule has 0 radical (unpaired) electrons. The third-order valence-electron chi connectivity index (χ3n) is 11.1. The van der Waals surface area contributed by atoms with Crippen LogP contribution < -0.4 is 9.64 Å². The minimum Gasteiger partial charge on any atom is -0.497 e. The topological polar surface area (TPSA) is 112 Å². The van der Waals surface area contributed by atoms with Gasteiger partial charge in [-0.15, -0.1) is 0 Å². The van der Waals surface area contributed by atoms with Crippen molar-refractivity contribution >= 4 is 23.5 Å². The molecule has 4 heterocycles. The molecule has 284 valence electrons. The van der Waals surface area contributed by atoms with Gasteiger partial charge in [-0.05, 0) is 48.2 Å². The highest BCUT2D eigenvalue weighted by Crippen LogP contribution is 2.46. The number of alkyl halides is 4. The van der Waals surface area contributed by atoms with Crippen molar-refractivity contribution in [2.75, 3.05) is 97.8 Å². The molecule has 4 aliphatic heterocycles. The van der Waals surface area contributed by atoms with Gasteiger partial charge in [0.2, 0.25) is 11.6 Å². The zero-order chi connectivity index (χ0) is 37.2. The van der Waals surface area contributed by atoms with Gasteiger partial charge in [0.15, 0.2) is 0 Å². The number of methoxy groups -OCH3 is 2. The minimum absolute atomic E-state index is 0.0462. The maximum absolute atomic E-state index is 17.7. The third-order valence-corrected chi connectivity index (χ3v) is 11.1. The Bertz CT molecular complexity index is 1600. The lowest BCUT2D eigenvalue weighted by Crippen LogP contribution is -2.50. The molecule has 0 saturated carbocycles. The zero-order valence-electron chi connectivity index (χ0n) is 29.4. The first-order valence-electron chi connectivity index (χ1n) is 17.7. The number of halogens is 4. The van der Waals surface area contributed by atoms with E-state index in [0.29, 0.717) is 48.9 Å². The number of carboxylic acids is 1. The lowest BCUT2D eigenvalue weighted by molar-refractivity contribution is -0.144. The minimum atomic E-state index is -4.61. The molecule has 4 saturated heterocycles. The summed E-state index contributed by atoms with van der Waals surface area (Å²) in [6.07, 6.45) is -4.04. The van der Waals surface area contributed by atoms with Crippen LogP contribution in [-0.2, 0) is 30.0 Å². The Balaban J connectivity index is 1.29. The Kier molecular flexibility index (Phi) is 11.3. The van der Waals surface area contributed by atoms with Crippen LogP contribution in [0, 0.1) is 11.8 Å². The van der Waals surface area contributed by atoms with E-state index in [4.69, 9.17) is 14.2 Å². The van der Waals surface area contributed by atoms with Crippen molar-refractivity contribution in [3.8, 4) is 5.75 Å². The summed E-state index contributed by atoms with van der Waals surface area (Å²) in [7, 11) is 3.02. The number of carboxylic acid groups (broad SMARTS) is 1. The van der Waals surface area contributed by atoms with E-state index in [1.807, 2.05) is 0 Å². The normalized spacial score (nSPS) is 26.2. The van der Waals surface area contributed by atoms with Crippen LogP contribution in [0.3, 0.4) is 0 Å². The molecule has 2 aromatic rings. The summed E-state index contributed by atoms with van der Waals surface area (Å²) >= 11 is 0. The third kappa shape index (κ3) is 7.86. The number of likely N-dealkylation sites (tertiary alicyclic amines) is 2. The second kappa shape index (κ2) is 15.6. The van der Waals surface area contributed by atoms with Crippen LogP contribution in [0.2, 0.25) is 0 Å². The second-order valence-electron chi connectivity index (χ2n) is 14.3. The smallest absolute Gasteiger partial charge is 0.416 e. The molecule has 2 amide bonds. The van der Waals surface area contributed by atoms with Crippen LogP contribution in [0.1, 0.15) is 41.4 Å². The number of rotatable bonds is 10. The molecule has 0 unspecified atom stereocenters. The molecule has 0 spiro atoms. The van der Waals surface area contributed by atoms with E-state index in [1.54, 1.807) is 39.0 Å². The fraction of sp³-hybridized carbons (Fsp3) is 0.595. The molecule has 1 N–H and O–H groups in total. The second-order valence-corrected chi connectivity index (χ2v) is 14.3. The monoisotopic (exact) mass is 734 g/mol. The van der Waals surface area contributed by atoms with E-state index in [-0.39, 0.29) is 77.1 Å². The number of hydrogen-bond acceptors (Lipinski definition) is 8. The van der Waals surface area contributed by atoms with Crippen molar-refractivity contribution < 1.29 is 51.3 Å². The predicted octanol–water partition coefficient (Wildman–Crippen LogP) is 3.87. The average Bonchev–Trinajstić information content (AvgIpc) is 3.72. The summed E-state index contributed by atoms with van der Waals surface area (Å²) in [5, 5.41) is 9.51. The SMILES string of the molecule is COC[C@H]1CN(C(=O)[C@]2(F)CN(CC(=O)N3CCOCC3)C[C@H]2c2ccc(OC)cc2)C[C@@H]1c1ccc(C(F)(F)F)cc1N1CCC(C(=O)O)CC1. The summed E-state index contributed by atoms with van der Waals surface area (Å²) in [5.74, 6) is -3.60. The number of amides is 2. The van der Waals surface area contributed by atoms with E-state index in [9.17, 15) is 32.7 Å². The summed E-state index contributed by atoms with van der Waals surface area (Å²) in [6, 6.07) is 10.4. The highest BCUT2D eigenvalue weighted by Gasteiger charge is 2.57. The van der Waals surface area contributed by atoms with Crippen LogP contribution in [0.5, 0.6) is 5.75 Å². The number of benzene rings is 2. The van der Waals surface area contributed by atoms with Gasteiger partial charge in [0.1, 0.15) is 5.75 Å². The van der Waals surface area contributed by atoms with Crippen molar-refractivity contribution in [2.45, 2.75) is 36.5 Å². The van der Waals surface area contributed by atoms with Crippen molar-refractivity contribution in [1.29, 1.82) is 0 Å². The first kappa shape index (κ1) is 37.8. The van der Waals surface area contributed by atoms with Gasteiger partial charge in [-0.25, -0.2) is 4.39 Å². The van der Waals surface area contributed by atoms with Gasteiger partial charge in [0.05, 0.1) is 45.0 Å². The number of morpholine rings is 1. The molecule has 0 aromatic heterocycles. The fourth-order valence-corrected chi connectivity index (χ4v) is 8.26. The molecule has 2 aromatic carbocycles. The van der Waals surface area contributed by atoms with Crippen molar-refractivity contribution in [3.63, 3.8) is 0 Å². The van der Waals surface area contributed by atoms with Crippen LogP contribution in [0.15, 0.2) is 42.5 Å². The maximum atomic E-state index is 17.7. The number of nitrogens with zero attached hydrogens (tertiary/aromatic N) is 4. The molecular weight excluding hydrogens is 688 g/mol. The van der Waals surface area contributed by atoms with Gasteiger partial charge >= 0.3 is 12.1 Å². The lowest BCUT2D eigenvalue weighted by atomic mass is 9.85. The number of hydrogen-bond donors (Lipinski definition) is 1. The van der Waals surface area contributed by atoms with E-state index < -0.39 is 47.0 Å². The number of ether oxygens (including phenoxy) is 3. The summed E-state index contributed by atoms with van der Waals surface area (Å²) in [4.78, 5) is 46.0. The summed E-state index contributed by atoms with van der Waals surface area (Å²) < 4.78 is 75.8. The molecule has 4 aliphatic rings. The Morgan fingerprint density at radius 1 is 0.942 bits per heavy atom. The van der Waals surface area contributed by atoms with Crippen molar-refractivity contribution in [3.05, 3.63) is 59.2 Å². The zero-order valence-corrected chi connectivity index (χ0v) is 29.4. The molecule has 52 heavy (non-hydrogen) atoms. The highest BCUT2D eigenvalue weighted by molar-refractivity contribution is 5.88. The molecular formula is C37H46F4N4O7. The molecule has 4 fully saturated rings. The maximum Gasteiger partial charge on any atom is 0.416 e. The summed E-state index contributed by atoms with van der Waals surface area (Å²) in [5.41, 5.74) is -1.75. The van der Waals surface area contributed by atoms with Gasteiger partial charge in [0.25, 0.3) is 5.91 Å². The standard InChI is InChI=1S/C37H46F4N4O7/c1-50-22-26-18-45(19-30(26)29-8-5-27(37(39,40)41)17-32(29)43-11-9-25(10-12-43)34(47)48)35(49)36(38)23-42(21-33(46)44-13-15-52-16-14-44)20-31(36)24-3-6-28(51-2)7-4-24/h3-8,17,25-26,30-31H,9-16,18-23H2,1-2H3,(H,47,48)/t26-,30+,31+,36+/m1/s1. The van der Waals surface area contributed by atoms with E-state index >= 15 is 4.39 Å². The fourth-order valence-electron chi connectivity index (χ4n) is 8.26. The van der Waals surface area contributed by atoms with Crippen LogP contribution >= 0.6 is 0 Å². The quantitative estimate of drug-likeness (QED) is 0.364. The number of anilines is 1. The van der Waals surface area contributed by atoms with Gasteiger partial charge in [-0.3, -0.25) is 19.3 Å². The molecule has 4 atom stereocenters. The predicted molar refractivity (Wildman–Crippen MR) is 182 cm³/mol. The number of aliphatic carboxylic acids is 1. The Morgan fingerprint density at radius 2 is 1.63 bits per heavy atom. The van der Waals surface area contributed by atoms with Crippen molar-refractivity contribution in [2.24, 2.45) is 11.8 Å². The van der Waals surface area contributed by atoms with Crippen molar-refractivity contribution in [1.82, 2.24) is 14.7 Å². The Morgan fingerprint density at radius 3 is 2.25 bits per heavy atom. The number of carbonyl (C=O) groups excluding carboxylic acids is 2. The van der Waals surface area contributed by atoms with Gasteiger partial charge in [-0.1, -0.05) is 18.2 Å². The lowest BCUT2D eigenvalue weighted by Gasteiger charge is -2.35. The average molecular weight is 735 g/mol. The van der Waals surface area contributed by atoms with E-state index in [0.717, 1.165) is 12.1 Å². The van der Waals surface area contributed by atoms with Crippen LogP contribution in [0.4, 0.5) is 23.2 Å². The Labute approximate surface area is 300 Å². The number of carbonyl (C=O) groups is 3. The van der Waals surface area contributed by atoms with Gasteiger partial charge < -0.3 is 34.0 Å². The van der Waals surface area contributed by atoms with E-state index in [2.05, 4.69) is 0 Å². The first-order valence-corrected chi connectivity index (χ1v) is 17.7. The highest BCUT2D eigenvalue weighted by atomic mass is 19.4. The van der Waals surface area contributed by atoms with E-state index in [1.165, 1.54) is 25.2 Å². The van der Waals surface area contributed by atoms with Crippen LogP contribution in [-0.4, -0.2) is 136 Å². The molecule has 0 bridgehead atoms. The molecule has 11 nitrogen and oxygen atoms in total. The Hall–Kier alpha value is -3.95. The molecule has 15 heteroatoms. The number of piperidine rings is 1. The molecule has 0 aliphatic carbocycles. The molecule has 6 rings (SSSR count). The first-order chi connectivity index (χ1) is 24.8. The van der Waals surface area contributed by atoms with Gasteiger partial charge in [0, 0.05) is 82.9 Å².